The maximum atomic E-state index is 12.6. The van der Waals surface area contributed by atoms with E-state index in [4.69, 9.17) is 9.47 Å². The van der Waals surface area contributed by atoms with Crippen molar-refractivity contribution in [2.75, 3.05) is 26.3 Å². The molecule has 0 bridgehead atoms. The Balaban J connectivity index is 1.31. The molecular weight excluding hydrogens is 448 g/mol. The predicted molar refractivity (Wildman–Crippen MR) is 122 cm³/mol. The monoisotopic (exact) mass is 470 g/mol. The van der Waals surface area contributed by atoms with E-state index in [9.17, 15) is 13.2 Å². The normalized spacial score (nSPS) is 15.1. The molecule has 1 aromatic heterocycles. The molecule has 0 saturated carbocycles. The van der Waals surface area contributed by atoms with E-state index in [1.807, 2.05) is 35.7 Å². The minimum atomic E-state index is -3.54. The Morgan fingerprint density at radius 3 is 2.53 bits per heavy atom. The molecule has 0 atom stereocenters. The van der Waals surface area contributed by atoms with Crippen molar-refractivity contribution in [3.8, 4) is 10.6 Å². The van der Waals surface area contributed by atoms with Crippen molar-refractivity contribution in [1.29, 1.82) is 0 Å². The van der Waals surface area contributed by atoms with Gasteiger partial charge in [0.05, 0.1) is 23.8 Å². The number of carbonyl (C=O) groups is 1. The Morgan fingerprint density at radius 1 is 1.09 bits per heavy atom. The van der Waals surface area contributed by atoms with Crippen molar-refractivity contribution >= 4 is 33.4 Å². The summed E-state index contributed by atoms with van der Waals surface area (Å²) in [6, 6.07) is 16.2. The lowest BCUT2D eigenvalue weighted by molar-refractivity contribution is -0.139. The van der Waals surface area contributed by atoms with Crippen LogP contribution < -0.4 is 0 Å². The Hall–Kier alpha value is -2.85. The molecule has 1 fully saturated rings. The lowest BCUT2D eigenvalue weighted by Gasteiger charge is -2.26. The number of morpholine rings is 1. The molecule has 0 unspecified atom stereocenters. The highest BCUT2D eigenvalue weighted by Crippen LogP contribution is 2.23. The number of rotatable bonds is 7. The second-order valence-corrected chi connectivity index (χ2v) is 9.83. The van der Waals surface area contributed by atoms with Crippen LogP contribution in [0.4, 0.5) is 0 Å². The van der Waals surface area contributed by atoms with Gasteiger partial charge >= 0.3 is 5.97 Å². The van der Waals surface area contributed by atoms with Crippen LogP contribution in [0.1, 0.15) is 11.3 Å². The molecule has 4 rings (SSSR count). The van der Waals surface area contributed by atoms with Crippen molar-refractivity contribution < 1.29 is 22.7 Å². The predicted octanol–water partition coefficient (Wildman–Crippen LogP) is 3.59. The first kappa shape index (κ1) is 22.3. The maximum Gasteiger partial charge on any atom is 0.331 e. The maximum absolute atomic E-state index is 12.6. The van der Waals surface area contributed by atoms with Gasteiger partial charge in [-0.15, -0.1) is 11.3 Å². The van der Waals surface area contributed by atoms with E-state index in [-0.39, 0.29) is 11.5 Å². The molecule has 0 spiro atoms. The van der Waals surface area contributed by atoms with Crippen molar-refractivity contribution in [2.45, 2.75) is 11.5 Å². The van der Waals surface area contributed by atoms with Gasteiger partial charge in [0.1, 0.15) is 11.6 Å². The summed E-state index contributed by atoms with van der Waals surface area (Å²) in [5.41, 5.74) is 2.41. The summed E-state index contributed by atoms with van der Waals surface area (Å²) < 4.78 is 37.2. The molecule has 0 amide bonds. The van der Waals surface area contributed by atoms with Crippen LogP contribution in [0.5, 0.6) is 0 Å². The van der Waals surface area contributed by atoms with Gasteiger partial charge in [0.15, 0.2) is 0 Å². The van der Waals surface area contributed by atoms with Crippen LogP contribution in [-0.4, -0.2) is 50.0 Å². The first-order valence-corrected chi connectivity index (χ1v) is 12.4. The summed E-state index contributed by atoms with van der Waals surface area (Å²) in [4.78, 5) is 16.8. The first-order valence-electron chi connectivity index (χ1n) is 10.0. The Kier molecular flexibility index (Phi) is 7.11. The van der Waals surface area contributed by atoms with Gasteiger partial charge in [0.25, 0.3) is 0 Å². The Bertz CT molecular complexity index is 1180. The standard InChI is InChI=1S/C23H22N2O5S2/c26-22(30-16-20-17-31-23(24-20)19-4-2-1-3-5-19)11-8-18-6-9-21(10-7-18)32(27,28)25-12-14-29-15-13-25/h1-11,17H,12-16H2/b11-8+. The van der Waals surface area contributed by atoms with Crippen LogP contribution in [0.15, 0.2) is 70.9 Å². The molecule has 0 radical (unpaired) electrons. The molecule has 2 aromatic carbocycles. The summed E-state index contributed by atoms with van der Waals surface area (Å²) in [6.07, 6.45) is 2.90. The summed E-state index contributed by atoms with van der Waals surface area (Å²) in [6.45, 7) is 1.58. The van der Waals surface area contributed by atoms with Crippen LogP contribution in [0.2, 0.25) is 0 Å². The van der Waals surface area contributed by atoms with Crippen molar-refractivity contribution in [2.24, 2.45) is 0 Å². The lowest BCUT2D eigenvalue weighted by Crippen LogP contribution is -2.40. The summed E-state index contributed by atoms with van der Waals surface area (Å²) >= 11 is 1.50. The van der Waals surface area contributed by atoms with E-state index < -0.39 is 16.0 Å². The number of carbonyl (C=O) groups excluding carboxylic acids is 1. The Morgan fingerprint density at radius 2 is 1.81 bits per heavy atom. The molecule has 3 aromatic rings. The highest BCUT2D eigenvalue weighted by Gasteiger charge is 2.25. The fourth-order valence-electron chi connectivity index (χ4n) is 3.13. The quantitative estimate of drug-likeness (QED) is 0.388. The van der Waals surface area contributed by atoms with Gasteiger partial charge in [-0.25, -0.2) is 18.2 Å². The van der Waals surface area contributed by atoms with Crippen LogP contribution in [-0.2, 0) is 30.9 Å². The number of nitrogens with zero attached hydrogens (tertiary/aromatic N) is 2. The lowest BCUT2D eigenvalue weighted by atomic mass is 10.2. The minimum absolute atomic E-state index is 0.0865. The molecular formula is C23H22N2O5S2. The van der Waals surface area contributed by atoms with Crippen molar-refractivity contribution in [3.05, 3.63) is 77.3 Å². The fraction of sp³-hybridized carbons (Fsp3) is 0.217. The van der Waals surface area contributed by atoms with Crippen LogP contribution in [0.3, 0.4) is 0 Å². The van der Waals surface area contributed by atoms with Gasteiger partial charge in [0.2, 0.25) is 10.0 Å². The van der Waals surface area contributed by atoms with E-state index in [1.54, 1.807) is 18.2 Å². The van der Waals surface area contributed by atoms with Crippen LogP contribution in [0, 0.1) is 0 Å². The number of aromatic nitrogens is 1. The van der Waals surface area contributed by atoms with Gasteiger partial charge in [-0.2, -0.15) is 4.31 Å². The zero-order valence-electron chi connectivity index (χ0n) is 17.2. The third kappa shape index (κ3) is 5.49. The summed E-state index contributed by atoms with van der Waals surface area (Å²) in [5.74, 6) is -0.496. The largest absolute Gasteiger partial charge is 0.456 e. The van der Waals surface area contributed by atoms with E-state index in [2.05, 4.69) is 4.98 Å². The number of ether oxygens (including phenoxy) is 2. The van der Waals surface area contributed by atoms with Gasteiger partial charge in [0, 0.05) is 30.1 Å². The topological polar surface area (TPSA) is 85.8 Å². The third-order valence-corrected chi connectivity index (χ3v) is 7.69. The van der Waals surface area contributed by atoms with E-state index in [0.717, 1.165) is 10.6 Å². The smallest absolute Gasteiger partial charge is 0.331 e. The SMILES string of the molecule is O=C(/C=C/c1ccc(S(=O)(=O)N2CCOCC2)cc1)OCc1csc(-c2ccccc2)n1. The average Bonchev–Trinajstić information content (AvgIpc) is 3.32. The molecule has 1 aliphatic rings. The van der Waals surface area contributed by atoms with Gasteiger partial charge < -0.3 is 9.47 Å². The number of hydrogen-bond acceptors (Lipinski definition) is 7. The number of thiazole rings is 1. The second kappa shape index (κ2) is 10.2. The van der Waals surface area contributed by atoms with Crippen LogP contribution >= 0.6 is 11.3 Å². The van der Waals surface area contributed by atoms with E-state index >= 15 is 0 Å². The molecule has 1 aliphatic heterocycles. The molecule has 0 N–H and O–H groups in total. The van der Waals surface area contributed by atoms with Gasteiger partial charge in [-0.3, -0.25) is 0 Å². The zero-order valence-corrected chi connectivity index (χ0v) is 18.8. The summed E-state index contributed by atoms with van der Waals surface area (Å²) in [7, 11) is -3.54. The number of esters is 1. The second-order valence-electron chi connectivity index (χ2n) is 7.04. The zero-order chi connectivity index (χ0) is 22.4. The minimum Gasteiger partial charge on any atom is -0.456 e. The Labute approximate surface area is 191 Å². The van der Waals surface area contributed by atoms with Crippen molar-refractivity contribution in [1.82, 2.24) is 9.29 Å². The number of sulfonamides is 1. The molecule has 0 aliphatic carbocycles. The third-order valence-electron chi connectivity index (χ3n) is 4.83. The van der Waals surface area contributed by atoms with E-state index in [1.165, 1.54) is 33.9 Å². The molecule has 1 saturated heterocycles. The first-order chi connectivity index (χ1) is 15.5. The number of benzene rings is 2. The van der Waals surface area contributed by atoms with Gasteiger partial charge in [-0.05, 0) is 23.8 Å². The van der Waals surface area contributed by atoms with E-state index in [0.29, 0.717) is 37.6 Å². The average molecular weight is 471 g/mol. The van der Waals surface area contributed by atoms with Gasteiger partial charge in [-0.1, -0.05) is 42.5 Å². The van der Waals surface area contributed by atoms with Crippen LogP contribution in [0.25, 0.3) is 16.6 Å². The molecule has 2 heterocycles. The highest BCUT2D eigenvalue weighted by molar-refractivity contribution is 7.89. The van der Waals surface area contributed by atoms with Crippen molar-refractivity contribution in [3.63, 3.8) is 0 Å². The molecule has 7 nitrogen and oxygen atoms in total. The highest BCUT2D eigenvalue weighted by atomic mass is 32.2. The molecule has 166 valence electrons. The molecule has 32 heavy (non-hydrogen) atoms. The summed E-state index contributed by atoms with van der Waals surface area (Å²) in [5, 5.41) is 2.74. The fourth-order valence-corrected chi connectivity index (χ4v) is 5.35. The number of hydrogen-bond donors (Lipinski definition) is 0. The molecule has 9 heteroatoms.